The topological polar surface area (TPSA) is 40.5 Å². The molecule has 0 aromatic rings. The Hall–Kier alpha value is -0.570. The van der Waals surface area contributed by atoms with Gasteiger partial charge in [0.15, 0.2) is 0 Å². The summed E-state index contributed by atoms with van der Waals surface area (Å²) in [4.78, 5) is 12.7. The zero-order chi connectivity index (χ0) is 11.4. The van der Waals surface area contributed by atoms with Crippen LogP contribution in [-0.4, -0.2) is 35.6 Å². The van der Waals surface area contributed by atoms with E-state index in [9.17, 15) is 4.79 Å². The van der Waals surface area contributed by atoms with Crippen LogP contribution in [0.3, 0.4) is 0 Å². The van der Waals surface area contributed by atoms with Crippen molar-refractivity contribution in [3.63, 3.8) is 0 Å². The number of hydrogen-bond acceptors (Lipinski definition) is 2. The molecule has 3 heteroatoms. The Morgan fingerprint density at radius 3 is 2.12 bits per heavy atom. The SMILES string of the molecule is O=C(O)CN1CCC(C2CCCCC2)CC1. The summed E-state index contributed by atoms with van der Waals surface area (Å²) in [6.45, 7) is 2.22. The van der Waals surface area contributed by atoms with Gasteiger partial charge in [-0.15, -0.1) is 0 Å². The Balaban J connectivity index is 1.73. The van der Waals surface area contributed by atoms with Gasteiger partial charge in [0, 0.05) is 0 Å². The summed E-state index contributed by atoms with van der Waals surface area (Å²) >= 11 is 0. The first-order chi connectivity index (χ1) is 7.75. The molecular weight excluding hydrogens is 202 g/mol. The number of carboxylic acids is 1. The third-order valence-electron chi connectivity index (χ3n) is 4.31. The number of hydrogen-bond donors (Lipinski definition) is 1. The summed E-state index contributed by atoms with van der Waals surface area (Å²) in [5, 5.41) is 8.74. The van der Waals surface area contributed by atoms with Crippen molar-refractivity contribution < 1.29 is 9.90 Å². The van der Waals surface area contributed by atoms with Crippen LogP contribution in [-0.2, 0) is 4.79 Å². The minimum atomic E-state index is -0.684. The molecule has 0 aromatic carbocycles. The van der Waals surface area contributed by atoms with E-state index in [0.717, 1.165) is 24.9 Å². The van der Waals surface area contributed by atoms with Crippen LogP contribution in [0.2, 0.25) is 0 Å². The van der Waals surface area contributed by atoms with Crippen LogP contribution < -0.4 is 0 Å². The molecule has 0 bridgehead atoms. The van der Waals surface area contributed by atoms with Gasteiger partial charge >= 0.3 is 5.97 Å². The molecule has 0 aromatic heterocycles. The van der Waals surface area contributed by atoms with Crippen molar-refractivity contribution in [1.82, 2.24) is 4.90 Å². The first-order valence-electron chi connectivity index (χ1n) is 6.70. The van der Waals surface area contributed by atoms with Gasteiger partial charge in [-0.1, -0.05) is 32.1 Å². The van der Waals surface area contributed by atoms with Crippen LogP contribution in [0.5, 0.6) is 0 Å². The van der Waals surface area contributed by atoms with E-state index in [1.54, 1.807) is 0 Å². The lowest BCUT2D eigenvalue weighted by molar-refractivity contribution is -0.138. The van der Waals surface area contributed by atoms with Crippen molar-refractivity contribution in [3.8, 4) is 0 Å². The third-order valence-corrected chi connectivity index (χ3v) is 4.31. The van der Waals surface area contributed by atoms with Gasteiger partial charge in [-0.05, 0) is 37.8 Å². The lowest BCUT2D eigenvalue weighted by atomic mass is 9.76. The standard InChI is InChI=1S/C13H23NO2/c15-13(16)10-14-8-6-12(7-9-14)11-4-2-1-3-5-11/h11-12H,1-10H2,(H,15,16). The van der Waals surface area contributed by atoms with Gasteiger partial charge in [-0.2, -0.15) is 0 Å². The van der Waals surface area contributed by atoms with Crippen molar-refractivity contribution in [2.45, 2.75) is 44.9 Å². The summed E-state index contributed by atoms with van der Waals surface area (Å²) in [6, 6.07) is 0. The number of aliphatic carboxylic acids is 1. The second-order valence-corrected chi connectivity index (χ2v) is 5.41. The first-order valence-corrected chi connectivity index (χ1v) is 6.70. The first kappa shape index (κ1) is 11.9. The number of rotatable bonds is 3. The lowest BCUT2D eigenvalue weighted by Gasteiger charge is -2.37. The van der Waals surface area contributed by atoms with Gasteiger partial charge in [0.2, 0.25) is 0 Å². The van der Waals surface area contributed by atoms with E-state index in [-0.39, 0.29) is 6.54 Å². The van der Waals surface area contributed by atoms with Crippen LogP contribution in [0.15, 0.2) is 0 Å². The molecule has 16 heavy (non-hydrogen) atoms. The molecule has 2 aliphatic rings. The highest BCUT2D eigenvalue weighted by Gasteiger charge is 2.27. The Morgan fingerprint density at radius 1 is 1.00 bits per heavy atom. The van der Waals surface area contributed by atoms with Gasteiger partial charge in [0.25, 0.3) is 0 Å². The third kappa shape index (κ3) is 3.21. The fourth-order valence-corrected chi connectivity index (χ4v) is 3.38. The number of carboxylic acid groups (broad SMARTS) is 1. The van der Waals surface area contributed by atoms with E-state index in [2.05, 4.69) is 4.90 Å². The van der Waals surface area contributed by atoms with Gasteiger partial charge in [0.05, 0.1) is 6.54 Å². The predicted molar refractivity (Wildman–Crippen MR) is 63.4 cm³/mol. The molecule has 1 heterocycles. The summed E-state index contributed by atoms with van der Waals surface area (Å²) in [5.74, 6) is 1.14. The monoisotopic (exact) mass is 225 g/mol. The summed E-state index contributed by atoms with van der Waals surface area (Å²) < 4.78 is 0. The van der Waals surface area contributed by atoms with Gasteiger partial charge in [-0.25, -0.2) is 0 Å². The maximum absolute atomic E-state index is 10.6. The molecule has 0 radical (unpaired) electrons. The van der Waals surface area contributed by atoms with E-state index in [0.29, 0.717) is 0 Å². The number of piperidine rings is 1. The minimum Gasteiger partial charge on any atom is -0.480 e. The molecule has 2 rings (SSSR count). The summed E-state index contributed by atoms with van der Waals surface area (Å²) in [7, 11) is 0. The van der Waals surface area contributed by atoms with E-state index in [4.69, 9.17) is 5.11 Å². The molecule has 0 atom stereocenters. The van der Waals surface area contributed by atoms with Crippen LogP contribution in [0.25, 0.3) is 0 Å². The molecular formula is C13H23NO2. The Labute approximate surface area is 97.8 Å². The van der Waals surface area contributed by atoms with Gasteiger partial charge in [-0.3, -0.25) is 9.69 Å². The normalized spacial score (nSPS) is 25.8. The molecule has 1 aliphatic heterocycles. The number of nitrogens with zero attached hydrogens (tertiary/aromatic N) is 1. The fraction of sp³-hybridized carbons (Fsp3) is 0.923. The lowest BCUT2D eigenvalue weighted by Crippen LogP contribution is -2.39. The molecule has 1 saturated heterocycles. The zero-order valence-electron chi connectivity index (χ0n) is 10.0. The summed E-state index contributed by atoms with van der Waals surface area (Å²) in [6.07, 6.45) is 9.54. The largest absolute Gasteiger partial charge is 0.480 e. The maximum atomic E-state index is 10.6. The highest BCUT2D eigenvalue weighted by Crippen LogP contribution is 2.35. The van der Waals surface area contributed by atoms with E-state index in [1.165, 1.54) is 44.9 Å². The minimum absolute atomic E-state index is 0.234. The van der Waals surface area contributed by atoms with Crippen molar-refractivity contribution in [1.29, 1.82) is 0 Å². The zero-order valence-corrected chi connectivity index (χ0v) is 10.0. The second-order valence-electron chi connectivity index (χ2n) is 5.41. The van der Waals surface area contributed by atoms with Gasteiger partial charge in [0.1, 0.15) is 0 Å². The predicted octanol–water partition coefficient (Wildman–Crippen LogP) is 2.36. The molecule has 1 saturated carbocycles. The Kier molecular flexibility index (Phi) is 4.22. The molecule has 2 fully saturated rings. The summed E-state index contributed by atoms with van der Waals surface area (Å²) in [5.41, 5.74) is 0. The Bertz CT molecular complexity index is 228. The molecule has 1 aliphatic carbocycles. The van der Waals surface area contributed by atoms with E-state index >= 15 is 0 Å². The number of likely N-dealkylation sites (tertiary alicyclic amines) is 1. The van der Waals surface area contributed by atoms with Crippen LogP contribution in [0.4, 0.5) is 0 Å². The molecule has 0 spiro atoms. The van der Waals surface area contributed by atoms with Crippen LogP contribution in [0, 0.1) is 11.8 Å². The van der Waals surface area contributed by atoms with Crippen LogP contribution >= 0.6 is 0 Å². The second kappa shape index (κ2) is 5.67. The molecule has 0 unspecified atom stereocenters. The van der Waals surface area contributed by atoms with Gasteiger partial charge < -0.3 is 5.11 Å². The molecule has 1 N–H and O–H groups in total. The van der Waals surface area contributed by atoms with E-state index in [1.807, 2.05) is 0 Å². The van der Waals surface area contributed by atoms with E-state index < -0.39 is 5.97 Å². The van der Waals surface area contributed by atoms with Crippen molar-refractivity contribution in [2.75, 3.05) is 19.6 Å². The smallest absolute Gasteiger partial charge is 0.317 e. The van der Waals surface area contributed by atoms with Crippen molar-refractivity contribution >= 4 is 5.97 Å². The fourth-order valence-electron chi connectivity index (χ4n) is 3.38. The average molecular weight is 225 g/mol. The van der Waals surface area contributed by atoms with Crippen molar-refractivity contribution in [3.05, 3.63) is 0 Å². The van der Waals surface area contributed by atoms with Crippen LogP contribution in [0.1, 0.15) is 44.9 Å². The average Bonchev–Trinajstić information content (AvgIpc) is 2.30. The molecule has 3 nitrogen and oxygen atoms in total. The quantitative estimate of drug-likeness (QED) is 0.801. The van der Waals surface area contributed by atoms with Crippen molar-refractivity contribution in [2.24, 2.45) is 11.8 Å². The number of carbonyl (C=O) groups is 1. The maximum Gasteiger partial charge on any atom is 0.317 e. The molecule has 0 amide bonds. The highest BCUT2D eigenvalue weighted by atomic mass is 16.4. The Morgan fingerprint density at radius 2 is 1.56 bits per heavy atom. The molecule has 92 valence electrons. The highest BCUT2D eigenvalue weighted by molar-refractivity contribution is 5.69.